The van der Waals surface area contributed by atoms with Crippen LogP contribution in [0, 0.1) is 6.92 Å². The van der Waals surface area contributed by atoms with Gasteiger partial charge in [0, 0.05) is 27.4 Å². The lowest BCUT2D eigenvalue weighted by Gasteiger charge is -2.07. The molecule has 0 spiro atoms. The van der Waals surface area contributed by atoms with Gasteiger partial charge in [0.25, 0.3) is 11.8 Å². The van der Waals surface area contributed by atoms with Crippen LogP contribution in [0.3, 0.4) is 0 Å². The van der Waals surface area contributed by atoms with Crippen LogP contribution in [0.2, 0.25) is 10.0 Å². The Kier molecular flexibility index (Phi) is 6.65. The van der Waals surface area contributed by atoms with Crippen LogP contribution in [-0.4, -0.2) is 18.0 Å². The van der Waals surface area contributed by atoms with Gasteiger partial charge < -0.3 is 5.32 Å². The number of carbonyl (C=O) groups excluding carboxylic acids is 2. The van der Waals surface area contributed by atoms with Crippen molar-refractivity contribution in [3.8, 4) is 0 Å². The standard InChI is InChI=1S/C22H17Cl2N3O2/c1-14-5-7-15(8-6-14)21(28)26-19-4-2-3-16(11-19)22(29)27-25-13-17-9-10-18(23)12-20(17)24/h2-13H,1H3,(H,26,28)(H,27,29). The quantitative estimate of drug-likeness (QED) is 0.428. The van der Waals surface area contributed by atoms with Crippen molar-refractivity contribution in [1.82, 2.24) is 5.43 Å². The van der Waals surface area contributed by atoms with Gasteiger partial charge in [-0.25, -0.2) is 5.43 Å². The van der Waals surface area contributed by atoms with E-state index in [1.54, 1.807) is 54.6 Å². The third kappa shape index (κ3) is 5.67. The molecule has 0 unspecified atom stereocenters. The summed E-state index contributed by atoms with van der Waals surface area (Å²) in [7, 11) is 0. The first kappa shape index (κ1) is 20.6. The maximum absolute atomic E-state index is 12.3. The Balaban J connectivity index is 1.65. The molecule has 0 radical (unpaired) electrons. The second-order valence-corrected chi connectivity index (χ2v) is 7.11. The van der Waals surface area contributed by atoms with Crippen LogP contribution in [0.25, 0.3) is 0 Å². The summed E-state index contributed by atoms with van der Waals surface area (Å²) in [5.74, 6) is -0.671. The van der Waals surface area contributed by atoms with Gasteiger partial charge in [-0.3, -0.25) is 9.59 Å². The topological polar surface area (TPSA) is 70.6 Å². The highest BCUT2D eigenvalue weighted by atomic mass is 35.5. The molecule has 0 saturated heterocycles. The van der Waals surface area contributed by atoms with Crippen molar-refractivity contribution in [2.75, 3.05) is 5.32 Å². The Bertz CT molecular complexity index is 1080. The predicted octanol–water partition coefficient (Wildman–Crippen LogP) is 5.32. The predicted molar refractivity (Wildman–Crippen MR) is 117 cm³/mol. The maximum atomic E-state index is 12.3. The van der Waals surface area contributed by atoms with E-state index in [-0.39, 0.29) is 5.91 Å². The van der Waals surface area contributed by atoms with Gasteiger partial charge in [-0.2, -0.15) is 5.10 Å². The van der Waals surface area contributed by atoms with Crippen LogP contribution in [-0.2, 0) is 0 Å². The average molecular weight is 426 g/mol. The molecule has 0 aliphatic rings. The number of hydrazone groups is 1. The van der Waals surface area contributed by atoms with Crippen LogP contribution < -0.4 is 10.7 Å². The van der Waals surface area contributed by atoms with Crippen molar-refractivity contribution in [3.63, 3.8) is 0 Å². The molecule has 7 heteroatoms. The largest absolute Gasteiger partial charge is 0.322 e. The number of benzene rings is 3. The third-order valence-electron chi connectivity index (χ3n) is 4.03. The van der Waals surface area contributed by atoms with E-state index in [9.17, 15) is 9.59 Å². The van der Waals surface area contributed by atoms with E-state index in [1.807, 2.05) is 19.1 Å². The van der Waals surface area contributed by atoms with Gasteiger partial charge in [-0.1, -0.05) is 53.0 Å². The number of aryl methyl sites for hydroxylation is 1. The van der Waals surface area contributed by atoms with Crippen LogP contribution in [0.4, 0.5) is 5.69 Å². The van der Waals surface area contributed by atoms with Crippen molar-refractivity contribution in [1.29, 1.82) is 0 Å². The fourth-order valence-corrected chi connectivity index (χ4v) is 2.93. The molecule has 146 valence electrons. The highest BCUT2D eigenvalue weighted by Crippen LogP contribution is 2.19. The molecule has 0 heterocycles. The molecule has 0 atom stereocenters. The smallest absolute Gasteiger partial charge is 0.271 e. The molecule has 0 saturated carbocycles. The van der Waals surface area contributed by atoms with Crippen molar-refractivity contribution >= 4 is 46.9 Å². The van der Waals surface area contributed by atoms with Gasteiger partial charge in [0.05, 0.1) is 11.2 Å². The zero-order valence-corrected chi connectivity index (χ0v) is 17.0. The molecule has 2 N–H and O–H groups in total. The van der Waals surface area contributed by atoms with Crippen LogP contribution in [0.15, 0.2) is 71.8 Å². The summed E-state index contributed by atoms with van der Waals surface area (Å²) in [6, 6.07) is 18.8. The zero-order chi connectivity index (χ0) is 20.8. The van der Waals surface area contributed by atoms with E-state index >= 15 is 0 Å². The van der Waals surface area contributed by atoms with Gasteiger partial charge in [0.15, 0.2) is 0 Å². The molecule has 3 aromatic rings. The molecule has 0 aliphatic carbocycles. The number of nitrogens with one attached hydrogen (secondary N) is 2. The summed E-state index contributed by atoms with van der Waals surface area (Å²) >= 11 is 11.9. The molecule has 0 fully saturated rings. The number of nitrogens with zero attached hydrogens (tertiary/aromatic N) is 1. The minimum Gasteiger partial charge on any atom is -0.322 e. The maximum Gasteiger partial charge on any atom is 0.271 e. The van der Waals surface area contributed by atoms with E-state index in [2.05, 4.69) is 15.8 Å². The van der Waals surface area contributed by atoms with E-state index in [4.69, 9.17) is 23.2 Å². The number of hydrogen-bond donors (Lipinski definition) is 2. The molecule has 0 aromatic heterocycles. The van der Waals surface area contributed by atoms with Gasteiger partial charge in [-0.15, -0.1) is 0 Å². The number of rotatable bonds is 5. The Morgan fingerprint density at radius 1 is 0.897 bits per heavy atom. The Morgan fingerprint density at radius 2 is 1.66 bits per heavy atom. The number of hydrogen-bond acceptors (Lipinski definition) is 3. The van der Waals surface area contributed by atoms with Gasteiger partial charge in [-0.05, 0) is 49.4 Å². The van der Waals surface area contributed by atoms with Crippen molar-refractivity contribution in [2.24, 2.45) is 5.10 Å². The van der Waals surface area contributed by atoms with E-state index in [0.29, 0.717) is 32.4 Å². The fourth-order valence-electron chi connectivity index (χ4n) is 2.48. The fraction of sp³-hybridized carbons (Fsp3) is 0.0455. The number of halogens is 2. The zero-order valence-electron chi connectivity index (χ0n) is 15.4. The minimum atomic E-state index is -0.419. The molecular weight excluding hydrogens is 409 g/mol. The van der Waals surface area contributed by atoms with Crippen molar-refractivity contribution < 1.29 is 9.59 Å². The summed E-state index contributed by atoms with van der Waals surface area (Å²) < 4.78 is 0. The van der Waals surface area contributed by atoms with E-state index < -0.39 is 5.91 Å². The average Bonchev–Trinajstić information content (AvgIpc) is 2.70. The first-order valence-corrected chi connectivity index (χ1v) is 9.44. The third-order valence-corrected chi connectivity index (χ3v) is 4.59. The molecule has 2 amide bonds. The molecular formula is C22H17Cl2N3O2. The van der Waals surface area contributed by atoms with E-state index in [1.165, 1.54) is 6.21 Å². The van der Waals surface area contributed by atoms with Crippen LogP contribution >= 0.6 is 23.2 Å². The Labute approximate surface area is 178 Å². The normalized spacial score (nSPS) is 10.7. The lowest BCUT2D eigenvalue weighted by molar-refractivity contribution is 0.0953. The summed E-state index contributed by atoms with van der Waals surface area (Å²) in [6.07, 6.45) is 1.43. The van der Waals surface area contributed by atoms with E-state index in [0.717, 1.165) is 5.56 Å². The Morgan fingerprint density at radius 3 is 2.38 bits per heavy atom. The first-order valence-electron chi connectivity index (χ1n) is 8.69. The lowest BCUT2D eigenvalue weighted by atomic mass is 10.1. The van der Waals surface area contributed by atoms with Crippen LogP contribution in [0.1, 0.15) is 31.8 Å². The SMILES string of the molecule is Cc1ccc(C(=O)Nc2cccc(C(=O)NN=Cc3ccc(Cl)cc3Cl)c2)cc1. The molecule has 5 nitrogen and oxygen atoms in total. The molecule has 3 aromatic carbocycles. The monoisotopic (exact) mass is 425 g/mol. The highest BCUT2D eigenvalue weighted by molar-refractivity contribution is 6.36. The number of carbonyl (C=O) groups is 2. The van der Waals surface area contributed by atoms with Crippen molar-refractivity contribution in [2.45, 2.75) is 6.92 Å². The second kappa shape index (κ2) is 9.37. The van der Waals surface area contributed by atoms with Crippen molar-refractivity contribution in [3.05, 3.63) is 99.0 Å². The van der Waals surface area contributed by atoms with Crippen LogP contribution in [0.5, 0.6) is 0 Å². The minimum absolute atomic E-state index is 0.252. The van der Waals surface area contributed by atoms with Gasteiger partial charge in [0.2, 0.25) is 0 Å². The molecule has 0 bridgehead atoms. The summed E-state index contributed by atoms with van der Waals surface area (Å²) in [5, 5.41) is 7.64. The van der Waals surface area contributed by atoms with Gasteiger partial charge in [0.1, 0.15) is 0 Å². The summed E-state index contributed by atoms with van der Waals surface area (Å²) in [5.41, 5.74) is 5.52. The summed E-state index contributed by atoms with van der Waals surface area (Å²) in [6.45, 7) is 1.95. The first-order chi connectivity index (χ1) is 13.9. The Hall–Kier alpha value is -3.15. The molecule has 29 heavy (non-hydrogen) atoms. The second-order valence-electron chi connectivity index (χ2n) is 6.27. The van der Waals surface area contributed by atoms with Gasteiger partial charge >= 0.3 is 0 Å². The molecule has 0 aliphatic heterocycles. The number of anilines is 1. The summed E-state index contributed by atoms with van der Waals surface area (Å²) in [4.78, 5) is 24.7. The highest BCUT2D eigenvalue weighted by Gasteiger charge is 2.09. The lowest BCUT2D eigenvalue weighted by Crippen LogP contribution is -2.18. The number of amides is 2. The molecule has 3 rings (SSSR count).